The lowest BCUT2D eigenvalue weighted by atomic mass is 10.0. The zero-order valence-electron chi connectivity index (χ0n) is 60.7. The molecule has 0 bridgehead atoms. The molecule has 0 aromatic rings. The topological polar surface area (TPSA) is 237 Å². The SMILES string of the molecule is CCCCCCCCCCCCCCCCCC(=O)O[C@H](COC(=O)CCCCCCCCCCCCCC(C)C)COP(=O)(O)OC[C@@H](O)COP(=O)(O)OC[C@@H](COC(=O)CCCCCCCCCCC(C)C)OC(=O)CCCCCCCCCCCCC(C)C. The van der Waals surface area contributed by atoms with Gasteiger partial charge in [-0.05, 0) is 43.4 Å². The third kappa shape index (κ3) is 68.4. The van der Waals surface area contributed by atoms with Crippen LogP contribution in [0.4, 0.5) is 0 Å². The molecule has 0 aliphatic heterocycles. The zero-order chi connectivity index (χ0) is 68.7. The summed E-state index contributed by atoms with van der Waals surface area (Å²) >= 11 is 0. The van der Waals surface area contributed by atoms with Crippen molar-refractivity contribution in [3.63, 3.8) is 0 Å². The molecule has 17 nitrogen and oxygen atoms in total. The molecular weight excluding hydrogens is 1220 g/mol. The molecule has 552 valence electrons. The molecule has 0 aromatic carbocycles. The van der Waals surface area contributed by atoms with Crippen molar-refractivity contribution in [2.24, 2.45) is 17.8 Å². The highest BCUT2D eigenvalue weighted by Crippen LogP contribution is 2.45. The molecule has 2 unspecified atom stereocenters. The van der Waals surface area contributed by atoms with Crippen LogP contribution < -0.4 is 0 Å². The Morgan fingerprint density at radius 1 is 0.290 bits per heavy atom. The van der Waals surface area contributed by atoms with Crippen molar-refractivity contribution in [2.45, 2.75) is 394 Å². The number of unbranched alkanes of at least 4 members (excludes halogenated alkanes) is 40. The van der Waals surface area contributed by atoms with Gasteiger partial charge in [-0.1, -0.05) is 325 Å². The molecule has 5 atom stereocenters. The molecule has 0 fully saturated rings. The molecule has 0 amide bonds. The summed E-state index contributed by atoms with van der Waals surface area (Å²) in [5.41, 5.74) is 0. The van der Waals surface area contributed by atoms with Gasteiger partial charge in [0.2, 0.25) is 0 Å². The van der Waals surface area contributed by atoms with Crippen molar-refractivity contribution in [1.29, 1.82) is 0 Å². The average molecular weight is 1370 g/mol. The molecule has 0 aliphatic rings. The van der Waals surface area contributed by atoms with Gasteiger partial charge in [-0.2, -0.15) is 0 Å². The molecule has 0 aromatic heterocycles. The van der Waals surface area contributed by atoms with E-state index in [1.807, 2.05) is 0 Å². The highest BCUT2D eigenvalue weighted by Gasteiger charge is 2.30. The molecule has 3 N–H and O–H groups in total. The number of carbonyl (C=O) groups excluding carboxylic acids is 4. The number of aliphatic hydroxyl groups excluding tert-OH is 1. The molecule has 0 aliphatic carbocycles. The highest BCUT2D eigenvalue weighted by atomic mass is 31.2. The van der Waals surface area contributed by atoms with Crippen LogP contribution in [0, 0.1) is 17.8 Å². The van der Waals surface area contributed by atoms with Crippen LogP contribution in [0.15, 0.2) is 0 Å². The summed E-state index contributed by atoms with van der Waals surface area (Å²) in [6, 6.07) is 0. The predicted octanol–water partition coefficient (Wildman–Crippen LogP) is 21.4. The molecular formula is C74H144O17P2. The van der Waals surface area contributed by atoms with Gasteiger partial charge in [0.15, 0.2) is 12.2 Å². The Morgan fingerprint density at radius 2 is 0.495 bits per heavy atom. The van der Waals surface area contributed by atoms with Gasteiger partial charge >= 0.3 is 39.5 Å². The quantitative estimate of drug-likeness (QED) is 0.0222. The maximum absolute atomic E-state index is 13.1. The number of rotatable bonds is 72. The Hall–Kier alpha value is -1.94. The van der Waals surface area contributed by atoms with Crippen molar-refractivity contribution in [3.05, 3.63) is 0 Å². The van der Waals surface area contributed by atoms with E-state index >= 15 is 0 Å². The fraction of sp³-hybridized carbons (Fsp3) is 0.946. The van der Waals surface area contributed by atoms with Crippen molar-refractivity contribution >= 4 is 39.5 Å². The van der Waals surface area contributed by atoms with Crippen LogP contribution in [-0.4, -0.2) is 96.7 Å². The zero-order valence-corrected chi connectivity index (χ0v) is 62.5. The van der Waals surface area contributed by atoms with Gasteiger partial charge < -0.3 is 33.8 Å². The normalized spacial score (nSPS) is 14.1. The van der Waals surface area contributed by atoms with E-state index in [1.165, 1.54) is 186 Å². The second-order valence-electron chi connectivity index (χ2n) is 28.1. The van der Waals surface area contributed by atoms with E-state index in [9.17, 15) is 43.2 Å². The summed E-state index contributed by atoms with van der Waals surface area (Å²) in [7, 11) is -9.91. The monoisotopic (exact) mass is 1370 g/mol. The number of hydrogen-bond donors (Lipinski definition) is 3. The maximum Gasteiger partial charge on any atom is 0.472 e. The lowest BCUT2D eigenvalue weighted by Crippen LogP contribution is -2.30. The fourth-order valence-corrected chi connectivity index (χ4v) is 12.8. The number of phosphoric ester groups is 2. The second-order valence-corrected chi connectivity index (χ2v) is 31.0. The van der Waals surface area contributed by atoms with Crippen LogP contribution in [0.5, 0.6) is 0 Å². The van der Waals surface area contributed by atoms with Gasteiger partial charge in [0.1, 0.15) is 19.3 Å². The van der Waals surface area contributed by atoms with Gasteiger partial charge in [-0.15, -0.1) is 0 Å². The van der Waals surface area contributed by atoms with Crippen LogP contribution >= 0.6 is 15.6 Å². The molecule has 0 radical (unpaired) electrons. The van der Waals surface area contributed by atoms with Crippen molar-refractivity contribution in [2.75, 3.05) is 39.6 Å². The third-order valence-corrected chi connectivity index (χ3v) is 19.0. The van der Waals surface area contributed by atoms with Gasteiger partial charge in [0.25, 0.3) is 0 Å². The van der Waals surface area contributed by atoms with Gasteiger partial charge in [0.05, 0.1) is 26.4 Å². The Kier molecular flexibility index (Phi) is 63.4. The number of esters is 4. The average Bonchev–Trinajstić information content (AvgIpc) is 2.44. The van der Waals surface area contributed by atoms with E-state index in [-0.39, 0.29) is 25.7 Å². The minimum atomic E-state index is -4.96. The molecule has 0 rings (SSSR count). The van der Waals surface area contributed by atoms with Crippen molar-refractivity contribution < 1.29 is 80.2 Å². The number of phosphoric acid groups is 2. The first kappa shape index (κ1) is 91.1. The summed E-state index contributed by atoms with van der Waals surface area (Å²) in [6.45, 7) is 11.8. The molecule has 19 heteroatoms. The van der Waals surface area contributed by atoms with Gasteiger partial charge in [0, 0.05) is 25.7 Å². The van der Waals surface area contributed by atoms with E-state index < -0.39 is 97.5 Å². The highest BCUT2D eigenvalue weighted by molar-refractivity contribution is 7.47. The smallest absolute Gasteiger partial charge is 0.462 e. The molecule has 0 spiro atoms. The Labute approximate surface area is 568 Å². The standard InChI is InChI=1S/C74H144O17P2/c1-8-9-10-11-12-13-14-15-16-17-20-27-36-43-50-57-73(78)90-69(61-84-71(76)55-48-41-34-26-21-18-19-24-31-38-45-52-65(2)3)63-88-92(80,81)86-59-68(75)60-87-93(82,83)89-64-70(62-85-72(77)56-49-42-35-30-29-33-40-47-54-67(6)7)91-74(79)58-51-44-37-28-23-22-25-32-39-46-53-66(4)5/h65-70,75H,8-64H2,1-7H3,(H,80,81)(H,82,83)/t68-,69-,70-/m1/s1. The molecule has 0 saturated heterocycles. The third-order valence-electron chi connectivity index (χ3n) is 17.1. The van der Waals surface area contributed by atoms with Gasteiger partial charge in [-0.3, -0.25) is 37.3 Å². The van der Waals surface area contributed by atoms with Crippen LogP contribution in [0.1, 0.15) is 376 Å². The van der Waals surface area contributed by atoms with E-state index in [2.05, 4.69) is 48.5 Å². The van der Waals surface area contributed by atoms with Crippen molar-refractivity contribution in [1.82, 2.24) is 0 Å². The second kappa shape index (κ2) is 64.7. The number of aliphatic hydroxyl groups is 1. The maximum atomic E-state index is 13.1. The van der Waals surface area contributed by atoms with Crippen LogP contribution in [0.2, 0.25) is 0 Å². The van der Waals surface area contributed by atoms with Crippen LogP contribution in [0.25, 0.3) is 0 Å². The summed E-state index contributed by atoms with van der Waals surface area (Å²) in [6.07, 6.45) is 49.9. The molecule has 0 saturated carbocycles. The minimum absolute atomic E-state index is 0.105. The first-order valence-electron chi connectivity index (χ1n) is 38.3. The summed E-state index contributed by atoms with van der Waals surface area (Å²) in [5.74, 6) is 0.130. The first-order chi connectivity index (χ1) is 44.7. The fourth-order valence-electron chi connectivity index (χ4n) is 11.2. The van der Waals surface area contributed by atoms with Crippen LogP contribution in [0.3, 0.4) is 0 Å². The van der Waals surface area contributed by atoms with Crippen LogP contribution in [-0.2, 0) is 65.4 Å². The summed E-state index contributed by atoms with van der Waals surface area (Å²) < 4.78 is 68.5. The van der Waals surface area contributed by atoms with Gasteiger partial charge in [-0.25, -0.2) is 9.13 Å². The largest absolute Gasteiger partial charge is 0.472 e. The molecule has 0 heterocycles. The van der Waals surface area contributed by atoms with E-state index in [4.69, 9.17) is 37.0 Å². The Bertz CT molecular complexity index is 1820. The number of ether oxygens (including phenoxy) is 4. The summed E-state index contributed by atoms with van der Waals surface area (Å²) in [5, 5.41) is 10.6. The van der Waals surface area contributed by atoms with E-state index in [0.717, 1.165) is 108 Å². The minimum Gasteiger partial charge on any atom is -0.462 e. The molecule has 93 heavy (non-hydrogen) atoms. The lowest BCUT2D eigenvalue weighted by molar-refractivity contribution is -0.161. The summed E-state index contributed by atoms with van der Waals surface area (Å²) in [4.78, 5) is 72.7. The van der Waals surface area contributed by atoms with Crippen molar-refractivity contribution in [3.8, 4) is 0 Å². The number of hydrogen-bond acceptors (Lipinski definition) is 15. The first-order valence-corrected chi connectivity index (χ1v) is 41.3. The number of carbonyl (C=O) groups is 4. The predicted molar refractivity (Wildman–Crippen MR) is 377 cm³/mol. The van der Waals surface area contributed by atoms with E-state index in [1.54, 1.807) is 0 Å². The Balaban J connectivity index is 5.27. The Morgan fingerprint density at radius 3 is 0.731 bits per heavy atom. The van der Waals surface area contributed by atoms with E-state index in [0.29, 0.717) is 25.7 Å². The lowest BCUT2D eigenvalue weighted by Gasteiger charge is -2.21.